The monoisotopic (exact) mass is 473 g/mol. The predicted octanol–water partition coefficient (Wildman–Crippen LogP) is 4.40. The van der Waals surface area contributed by atoms with Crippen LogP contribution in [-0.4, -0.2) is 36.8 Å². The number of rotatable bonds is 5. The minimum Gasteiger partial charge on any atom is -0.451 e. The smallest absolute Gasteiger partial charge is 0.290 e. The summed E-state index contributed by atoms with van der Waals surface area (Å²) in [6.45, 7) is 4.42. The van der Waals surface area contributed by atoms with Crippen molar-refractivity contribution in [2.45, 2.75) is 38.8 Å². The second-order valence-corrected chi connectivity index (χ2v) is 11.2. The first kappa shape index (κ1) is 22.6. The maximum Gasteiger partial charge on any atom is 0.290 e. The molecule has 2 aromatic carbocycles. The average molecular weight is 474 g/mol. The van der Waals surface area contributed by atoms with E-state index in [1.54, 1.807) is 12.1 Å². The highest BCUT2D eigenvalue weighted by Gasteiger charge is 2.36. The van der Waals surface area contributed by atoms with Crippen LogP contribution in [0.5, 0.6) is 0 Å². The molecule has 0 unspecified atom stereocenters. The van der Waals surface area contributed by atoms with E-state index in [1.165, 1.54) is 16.5 Å². The number of carbonyl (C=O) groups excluding carboxylic acids is 1. The lowest BCUT2D eigenvalue weighted by Gasteiger charge is -2.28. The number of nitrogens with zero attached hydrogens (tertiary/aromatic N) is 1. The average Bonchev–Trinajstić information content (AvgIpc) is 3.11. The highest BCUT2D eigenvalue weighted by Crippen LogP contribution is 2.25. The zero-order chi connectivity index (χ0) is 23.0. The third-order valence-electron chi connectivity index (χ3n) is 5.81. The van der Waals surface area contributed by atoms with Crippen molar-refractivity contribution in [2.24, 2.45) is 0 Å². The molecule has 0 radical (unpaired) electrons. The van der Waals surface area contributed by atoms with Crippen LogP contribution in [0.25, 0.3) is 11.0 Å². The quantitative estimate of drug-likeness (QED) is 0.548. The van der Waals surface area contributed by atoms with Gasteiger partial charge < -0.3 is 9.32 Å². The molecule has 0 bridgehead atoms. The van der Waals surface area contributed by atoms with Gasteiger partial charge in [0.05, 0.1) is 16.9 Å². The van der Waals surface area contributed by atoms with E-state index in [1.807, 2.05) is 24.3 Å². The van der Waals surface area contributed by atoms with E-state index in [-0.39, 0.29) is 40.2 Å². The maximum absolute atomic E-state index is 13.5. The lowest BCUT2D eigenvalue weighted by molar-refractivity contribution is 0.0648. The molecule has 32 heavy (non-hydrogen) atoms. The summed E-state index contributed by atoms with van der Waals surface area (Å²) in [6.07, 6.45) is 0.353. The van der Waals surface area contributed by atoms with Crippen LogP contribution in [0.15, 0.2) is 57.7 Å². The highest BCUT2D eigenvalue weighted by molar-refractivity contribution is 7.91. The largest absolute Gasteiger partial charge is 0.451 e. The number of carbonyl (C=O) groups is 1. The Morgan fingerprint density at radius 1 is 1.16 bits per heavy atom. The van der Waals surface area contributed by atoms with Gasteiger partial charge >= 0.3 is 0 Å². The summed E-state index contributed by atoms with van der Waals surface area (Å²) in [5.74, 6) is -0.312. The number of amides is 1. The molecule has 1 atom stereocenters. The summed E-state index contributed by atoms with van der Waals surface area (Å²) in [5.41, 5.74) is 1.93. The normalized spacial score (nSPS) is 17.7. The van der Waals surface area contributed by atoms with Crippen molar-refractivity contribution in [3.05, 3.63) is 80.7 Å². The number of hydrogen-bond donors (Lipinski definition) is 0. The molecule has 1 aliphatic heterocycles. The molecule has 0 aliphatic carbocycles. The Hall–Kier alpha value is -2.64. The molecule has 4 rings (SSSR count). The van der Waals surface area contributed by atoms with Crippen molar-refractivity contribution in [1.29, 1.82) is 0 Å². The van der Waals surface area contributed by atoms with E-state index in [2.05, 4.69) is 13.8 Å². The summed E-state index contributed by atoms with van der Waals surface area (Å²) in [5, 5.41) is 0.680. The number of fused-ring (bicyclic) bond motifs is 1. The van der Waals surface area contributed by atoms with Gasteiger partial charge in [0.15, 0.2) is 21.0 Å². The lowest BCUT2D eigenvalue weighted by Crippen LogP contribution is -2.40. The van der Waals surface area contributed by atoms with Gasteiger partial charge in [0.2, 0.25) is 0 Å². The first-order chi connectivity index (χ1) is 15.1. The van der Waals surface area contributed by atoms with E-state index in [0.717, 1.165) is 11.6 Å². The van der Waals surface area contributed by atoms with Crippen LogP contribution >= 0.6 is 11.6 Å². The summed E-state index contributed by atoms with van der Waals surface area (Å²) in [6, 6.07) is 13.2. The van der Waals surface area contributed by atoms with Crippen LogP contribution in [0.2, 0.25) is 5.02 Å². The Morgan fingerprint density at radius 2 is 1.88 bits per heavy atom. The van der Waals surface area contributed by atoms with Crippen molar-refractivity contribution in [3.8, 4) is 0 Å². The third-order valence-corrected chi connectivity index (χ3v) is 7.79. The molecule has 1 aromatic heterocycles. The molecular formula is C24H24ClNO5S. The van der Waals surface area contributed by atoms with Gasteiger partial charge in [-0.1, -0.05) is 49.7 Å². The van der Waals surface area contributed by atoms with Gasteiger partial charge in [-0.15, -0.1) is 0 Å². The summed E-state index contributed by atoms with van der Waals surface area (Å²) < 4.78 is 30.0. The van der Waals surface area contributed by atoms with Crippen LogP contribution in [0.3, 0.4) is 0 Å². The molecule has 1 amide bonds. The molecule has 2 heterocycles. The van der Waals surface area contributed by atoms with Gasteiger partial charge in [0.25, 0.3) is 5.91 Å². The van der Waals surface area contributed by atoms with Gasteiger partial charge in [-0.25, -0.2) is 8.42 Å². The summed E-state index contributed by atoms with van der Waals surface area (Å²) in [4.78, 5) is 27.5. The number of sulfone groups is 1. The van der Waals surface area contributed by atoms with E-state index < -0.39 is 21.8 Å². The van der Waals surface area contributed by atoms with Gasteiger partial charge in [0.1, 0.15) is 5.58 Å². The fourth-order valence-corrected chi connectivity index (χ4v) is 5.87. The molecule has 1 fully saturated rings. The number of halogens is 1. The molecule has 3 aromatic rings. The van der Waals surface area contributed by atoms with Crippen LogP contribution in [-0.2, 0) is 16.4 Å². The molecule has 168 valence electrons. The van der Waals surface area contributed by atoms with Crippen LogP contribution in [0.4, 0.5) is 0 Å². The van der Waals surface area contributed by atoms with Crippen LogP contribution < -0.4 is 5.43 Å². The SMILES string of the molecule is CC(C)c1ccc(CN(C(=O)c2cc(=O)c3cc(Cl)ccc3o2)[C@@H]2CCS(=O)(=O)C2)cc1. The molecule has 8 heteroatoms. The fraction of sp³-hybridized carbons (Fsp3) is 0.333. The third kappa shape index (κ3) is 4.74. The Labute approximate surface area is 191 Å². The summed E-state index contributed by atoms with van der Waals surface area (Å²) in [7, 11) is -3.21. The van der Waals surface area contributed by atoms with Gasteiger partial charge in [-0.05, 0) is 41.7 Å². The molecule has 1 saturated heterocycles. The minimum absolute atomic E-state index is 0.0356. The van der Waals surface area contributed by atoms with E-state index in [0.29, 0.717) is 17.4 Å². The second-order valence-electron chi connectivity index (χ2n) is 8.50. The molecule has 0 saturated carbocycles. The van der Waals surface area contributed by atoms with Crippen molar-refractivity contribution >= 4 is 38.3 Å². The lowest BCUT2D eigenvalue weighted by atomic mass is 10.0. The Kier molecular flexibility index (Phi) is 6.14. The zero-order valence-electron chi connectivity index (χ0n) is 17.9. The number of hydrogen-bond acceptors (Lipinski definition) is 5. The molecule has 0 N–H and O–H groups in total. The Bertz CT molecular complexity index is 1330. The minimum atomic E-state index is -3.21. The van der Waals surface area contributed by atoms with Crippen LogP contribution in [0, 0.1) is 0 Å². The topological polar surface area (TPSA) is 84.7 Å². The predicted molar refractivity (Wildman–Crippen MR) is 125 cm³/mol. The Balaban J connectivity index is 1.70. The van der Waals surface area contributed by atoms with Crippen molar-refractivity contribution in [3.63, 3.8) is 0 Å². The second kappa shape index (κ2) is 8.71. The van der Waals surface area contributed by atoms with Crippen LogP contribution in [0.1, 0.15) is 47.9 Å². The zero-order valence-corrected chi connectivity index (χ0v) is 19.4. The van der Waals surface area contributed by atoms with E-state index >= 15 is 0 Å². The highest BCUT2D eigenvalue weighted by atomic mass is 35.5. The fourth-order valence-electron chi connectivity index (χ4n) is 3.97. The van der Waals surface area contributed by atoms with Gasteiger partial charge in [-0.3, -0.25) is 9.59 Å². The standard InChI is InChI=1S/C24H24ClNO5S/c1-15(2)17-5-3-16(4-6-17)13-26(19-9-10-32(29,30)14-19)24(28)23-12-21(27)20-11-18(25)7-8-22(20)31-23/h3-8,11-12,15,19H,9-10,13-14H2,1-2H3/t19-/m1/s1. The van der Waals surface area contributed by atoms with Crippen molar-refractivity contribution in [2.75, 3.05) is 11.5 Å². The van der Waals surface area contributed by atoms with Gasteiger partial charge in [0, 0.05) is 23.7 Å². The first-order valence-corrected chi connectivity index (χ1v) is 12.7. The molecule has 1 aliphatic rings. The molecule has 6 nitrogen and oxygen atoms in total. The molecular weight excluding hydrogens is 450 g/mol. The van der Waals surface area contributed by atoms with E-state index in [9.17, 15) is 18.0 Å². The number of benzene rings is 2. The first-order valence-electron chi connectivity index (χ1n) is 10.5. The maximum atomic E-state index is 13.5. The molecule has 0 spiro atoms. The van der Waals surface area contributed by atoms with Gasteiger partial charge in [-0.2, -0.15) is 0 Å². The Morgan fingerprint density at radius 3 is 2.50 bits per heavy atom. The van der Waals surface area contributed by atoms with Crippen molar-refractivity contribution in [1.82, 2.24) is 4.90 Å². The van der Waals surface area contributed by atoms with Crippen molar-refractivity contribution < 1.29 is 17.6 Å². The van der Waals surface area contributed by atoms with E-state index in [4.69, 9.17) is 16.0 Å². The summed E-state index contributed by atoms with van der Waals surface area (Å²) >= 11 is 5.96.